The van der Waals surface area contributed by atoms with Gasteiger partial charge in [0.15, 0.2) is 5.54 Å². The molecule has 0 bridgehead atoms. The summed E-state index contributed by atoms with van der Waals surface area (Å²) in [6, 6.07) is 19.0. The molecule has 0 N–H and O–H groups in total. The Kier molecular flexibility index (Phi) is 4.79. The monoisotopic (exact) mass is 335 g/mol. The summed E-state index contributed by atoms with van der Waals surface area (Å²) in [7, 11) is 0. The standard InChI is InChI=1S/C21H21NO3/c1-3-21(18(14-15(2)23)16-10-6-4-7-11-16)20(24)25-19(22-21)17-12-8-5-9-13-17/h4-13,18H,3,14H2,1-2H3/t18-,21+/m0/s1. The maximum absolute atomic E-state index is 12.9. The summed E-state index contributed by atoms with van der Waals surface area (Å²) in [6.45, 7) is 3.45. The van der Waals surface area contributed by atoms with Gasteiger partial charge in [0.05, 0.1) is 0 Å². The zero-order valence-electron chi connectivity index (χ0n) is 14.4. The van der Waals surface area contributed by atoms with Crippen molar-refractivity contribution in [3.05, 3.63) is 71.8 Å². The number of hydrogen-bond acceptors (Lipinski definition) is 4. The van der Waals surface area contributed by atoms with Crippen LogP contribution < -0.4 is 0 Å². The third-order valence-corrected chi connectivity index (χ3v) is 4.67. The molecule has 4 nitrogen and oxygen atoms in total. The first-order valence-corrected chi connectivity index (χ1v) is 8.48. The van der Waals surface area contributed by atoms with Crippen molar-refractivity contribution < 1.29 is 14.3 Å². The lowest BCUT2D eigenvalue weighted by molar-refractivity contribution is -0.140. The number of carbonyl (C=O) groups is 2. The Balaban J connectivity index is 2.09. The van der Waals surface area contributed by atoms with Crippen LogP contribution in [0.5, 0.6) is 0 Å². The number of rotatable bonds is 6. The highest BCUT2D eigenvalue weighted by Gasteiger charge is 2.51. The first kappa shape index (κ1) is 17.1. The van der Waals surface area contributed by atoms with Crippen molar-refractivity contribution in [1.29, 1.82) is 0 Å². The molecule has 0 fully saturated rings. The summed E-state index contributed by atoms with van der Waals surface area (Å²) in [5.74, 6) is -0.372. The topological polar surface area (TPSA) is 55.7 Å². The van der Waals surface area contributed by atoms with Gasteiger partial charge >= 0.3 is 5.97 Å². The summed E-state index contributed by atoms with van der Waals surface area (Å²) in [4.78, 5) is 29.5. The van der Waals surface area contributed by atoms with Crippen LogP contribution in [0.4, 0.5) is 0 Å². The van der Waals surface area contributed by atoms with E-state index in [0.29, 0.717) is 12.3 Å². The third kappa shape index (κ3) is 3.25. The van der Waals surface area contributed by atoms with Gasteiger partial charge in [0.1, 0.15) is 5.78 Å². The molecule has 2 atom stereocenters. The van der Waals surface area contributed by atoms with E-state index >= 15 is 0 Å². The number of hydrogen-bond donors (Lipinski definition) is 0. The van der Waals surface area contributed by atoms with E-state index in [-0.39, 0.29) is 24.1 Å². The number of ether oxygens (including phenoxy) is 1. The average Bonchev–Trinajstić information content (AvgIpc) is 2.98. The predicted octanol–water partition coefficient (Wildman–Crippen LogP) is 3.90. The molecule has 3 rings (SSSR count). The van der Waals surface area contributed by atoms with E-state index in [0.717, 1.165) is 11.1 Å². The van der Waals surface area contributed by atoms with Crippen LogP contribution in [-0.2, 0) is 14.3 Å². The summed E-state index contributed by atoms with van der Waals surface area (Å²) < 4.78 is 5.54. The smallest absolute Gasteiger partial charge is 0.341 e. The van der Waals surface area contributed by atoms with Gasteiger partial charge in [-0.25, -0.2) is 9.79 Å². The number of carbonyl (C=O) groups excluding carboxylic acids is 2. The van der Waals surface area contributed by atoms with E-state index in [1.165, 1.54) is 0 Å². The van der Waals surface area contributed by atoms with Crippen molar-refractivity contribution in [2.45, 2.75) is 38.1 Å². The van der Waals surface area contributed by atoms with Gasteiger partial charge in [-0.05, 0) is 31.0 Å². The summed E-state index contributed by atoms with van der Waals surface area (Å²) in [5, 5.41) is 0. The predicted molar refractivity (Wildman–Crippen MR) is 96.6 cm³/mol. The molecule has 128 valence electrons. The molecule has 1 aliphatic rings. The van der Waals surface area contributed by atoms with Crippen LogP contribution in [0.1, 0.15) is 43.7 Å². The largest absolute Gasteiger partial charge is 0.405 e. The van der Waals surface area contributed by atoms with Gasteiger partial charge in [-0.2, -0.15) is 0 Å². The van der Waals surface area contributed by atoms with Crippen molar-refractivity contribution in [2.24, 2.45) is 4.99 Å². The second-order valence-corrected chi connectivity index (χ2v) is 6.32. The van der Waals surface area contributed by atoms with E-state index in [4.69, 9.17) is 9.73 Å². The molecule has 2 aromatic carbocycles. The molecule has 25 heavy (non-hydrogen) atoms. The molecule has 0 spiro atoms. The van der Waals surface area contributed by atoms with Gasteiger partial charge in [-0.15, -0.1) is 0 Å². The minimum atomic E-state index is -1.07. The van der Waals surface area contributed by atoms with Crippen molar-refractivity contribution in [3.63, 3.8) is 0 Å². The number of cyclic esters (lactones) is 1. The Morgan fingerprint density at radius 2 is 1.68 bits per heavy atom. The highest BCUT2D eigenvalue weighted by Crippen LogP contribution is 2.42. The highest BCUT2D eigenvalue weighted by atomic mass is 16.6. The summed E-state index contributed by atoms with van der Waals surface area (Å²) in [6.07, 6.45) is 0.716. The average molecular weight is 335 g/mol. The molecule has 0 aromatic heterocycles. The van der Waals surface area contributed by atoms with Gasteiger partial charge < -0.3 is 9.53 Å². The summed E-state index contributed by atoms with van der Waals surface area (Å²) >= 11 is 0. The van der Waals surface area contributed by atoms with Crippen molar-refractivity contribution in [3.8, 4) is 0 Å². The fourth-order valence-electron chi connectivity index (χ4n) is 3.36. The quantitative estimate of drug-likeness (QED) is 0.752. The fourth-order valence-corrected chi connectivity index (χ4v) is 3.36. The maximum atomic E-state index is 12.9. The Labute approximate surface area is 147 Å². The number of ketones is 1. The molecule has 1 heterocycles. The van der Waals surface area contributed by atoms with E-state index in [1.807, 2.05) is 67.6 Å². The number of aliphatic imine (C=N–C) groups is 1. The SMILES string of the molecule is CC[C@]1([C@@H](CC(C)=O)c2ccccc2)N=C(c2ccccc2)OC1=O. The fraction of sp³-hybridized carbons (Fsp3) is 0.286. The molecule has 0 unspecified atom stereocenters. The third-order valence-electron chi connectivity index (χ3n) is 4.67. The second kappa shape index (κ2) is 7.01. The minimum absolute atomic E-state index is 0.0258. The van der Waals surface area contributed by atoms with E-state index in [9.17, 15) is 9.59 Å². The minimum Gasteiger partial charge on any atom is -0.405 e. The number of benzene rings is 2. The molecule has 0 aliphatic carbocycles. The zero-order valence-corrected chi connectivity index (χ0v) is 14.4. The van der Waals surface area contributed by atoms with Gasteiger partial charge in [0.2, 0.25) is 5.90 Å². The number of esters is 1. The summed E-state index contributed by atoms with van der Waals surface area (Å²) in [5.41, 5.74) is 0.619. The lowest BCUT2D eigenvalue weighted by Crippen LogP contribution is -2.40. The van der Waals surface area contributed by atoms with E-state index in [1.54, 1.807) is 6.92 Å². The lowest BCUT2D eigenvalue weighted by atomic mass is 9.75. The molecular weight excluding hydrogens is 314 g/mol. The maximum Gasteiger partial charge on any atom is 0.341 e. The van der Waals surface area contributed by atoms with Crippen LogP contribution in [0.2, 0.25) is 0 Å². The Bertz CT molecular complexity index is 798. The molecule has 1 aliphatic heterocycles. The molecular formula is C21H21NO3. The van der Waals surface area contributed by atoms with Crippen LogP contribution >= 0.6 is 0 Å². The van der Waals surface area contributed by atoms with Crippen LogP contribution in [-0.4, -0.2) is 23.2 Å². The molecule has 4 heteroatoms. The van der Waals surface area contributed by atoms with Gasteiger partial charge in [0, 0.05) is 17.9 Å². The van der Waals surface area contributed by atoms with Gasteiger partial charge in [-0.3, -0.25) is 0 Å². The van der Waals surface area contributed by atoms with Crippen molar-refractivity contribution in [1.82, 2.24) is 0 Å². The van der Waals surface area contributed by atoms with Gasteiger partial charge in [-0.1, -0.05) is 55.5 Å². The van der Waals surface area contributed by atoms with Gasteiger partial charge in [0.25, 0.3) is 0 Å². The van der Waals surface area contributed by atoms with Crippen LogP contribution in [0.25, 0.3) is 0 Å². The Morgan fingerprint density at radius 1 is 1.08 bits per heavy atom. The first-order valence-electron chi connectivity index (χ1n) is 8.48. The normalized spacial score (nSPS) is 20.7. The van der Waals surface area contributed by atoms with Crippen molar-refractivity contribution in [2.75, 3.05) is 0 Å². The number of nitrogens with zero attached hydrogens (tertiary/aromatic N) is 1. The second-order valence-electron chi connectivity index (χ2n) is 6.32. The lowest BCUT2D eigenvalue weighted by Gasteiger charge is -2.30. The Morgan fingerprint density at radius 3 is 2.24 bits per heavy atom. The van der Waals surface area contributed by atoms with Crippen LogP contribution in [0, 0.1) is 0 Å². The molecule has 0 amide bonds. The highest BCUT2D eigenvalue weighted by molar-refractivity contribution is 6.08. The molecule has 0 saturated carbocycles. The molecule has 0 radical (unpaired) electrons. The first-order chi connectivity index (χ1) is 12.1. The molecule has 2 aromatic rings. The van der Waals surface area contributed by atoms with E-state index < -0.39 is 5.54 Å². The van der Waals surface area contributed by atoms with Crippen molar-refractivity contribution >= 4 is 17.7 Å². The van der Waals surface area contributed by atoms with Crippen LogP contribution in [0.15, 0.2) is 65.7 Å². The van der Waals surface area contributed by atoms with Crippen LogP contribution in [0.3, 0.4) is 0 Å². The van der Waals surface area contributed by atoms with E-state index in [2.05, 4.69) is 0 Å². The Hall–Kier alpha value is -2.75. The number of Topliss-reactive ketones (excluding diaryl/α,β-unsaturated/α-hetero) is 1. The molecule has 0 saturated heterocycles. The zero-order chi connectivity index (χ0) is 17.9.